The number of nitrogens with two attached hydrogens (primary N) is 1. The number of hydrogen-bond donors (Lipinski definition) is 3. The van der Waals surface area contributed by atoms with Gasteiger partial charge in [0.2, 0.25) is 11.9 Å². The average Bonchev–Trinajstić information content (AvgIpc) is 2.94. The Balaban J connectivity index is 2.09. The van der Waals surface area contributed by atoms with Crippen molar-refractivity contribution in [1.82, 2.24) is 19.7 Å². The number of rotatable bonds is 5. The van der Waals surface area contributed by atoms with Crippen molar-refractivity contribution in [3.8, 4) is 0 Å². The Kier molecular flexibility index (Phi) is 4.07. The SMILES string of the molecule is CC1=C(C(N)=O)[C@@H](c2ccncc2)n2nc(CCCO)nc2N1. The quantitative estimate of drug-likeness (QED) is 0.733. The van der Waals surface area contributed by atoms with Crippen LogP contribution in [0, 0.1) is 0 Å². The van der Waals surface area contributed by atoms with Crippen LogP contribution in [0.1, 0.15) is 30.8 Å². The van der Waals surface area contributed by atoms with Gasteiger partial charge in [0, 0.05) is 31.1 Å². The molecule has 2 aromatic rings. The van der Waals surface area contributed by atoms with Gasteiger partial charge in [0.1, 0.15) is 6.04 Å². The van der Waals surface area contributed by atoms with E-state index in [0.717, 1.165) is 5.56 Å². The number of carbonyl (C=O) groups excluding carboxylic acids is 1. The lowest BCUT2D eigenvalue weighted by Gasteiger charge is -2.27. The first-order chi connectivity index (χ1) is 11.1. The summed E-state index contributed by atoms with van der Waals surface area (Å²) in [4.78, 5) is 20.4. The lowest BCUT2D eigenvalue weighted by molar-refractivity contribution is -0.115. The van der Waals surface area contributed by atoms with E-state index in [2.05, 4.69) is 20.4 Å². The molecule has 0 fully saturated rings. The molecule has 2 aromatic heterocycles. The van der Waals surface area contributed by atoms with Crippen LogP contribution in [0.15, 0.2) is 35.8 Å². The molecule has 0 radical (unpaired) electrons. The maximum absolute atomic E-state index is 12.0. The molecule has 1 aliphatic rings. The molecule has 120 valence electrons. The number of anilines is 1. The van der Waals surface area contributed by atoms with E-state index in [-0.39, 0.29) is 6.61 Å². The monoisotopic (exact) mass is 314 g/mol. The van der Waals surface area contributed by atoms with Gasteiger partial charge in [-0.1, -0.05) is 0 Å². The zero-order chi connectivity index (χ0) is 16.4. The highest BCUT2D eigenvalue weighted by Gasteiger charge is 2.32. The predicted molar refractivity (Wildman–Crippen MR) is 83.3 cm³/mol. The molecule has 0 unspecified atom stereocenters. The number of aliphatic hydroxyl groups excluding tert-OH is 1. The number of nitrogens with zero attached hydrogens (tertiary/aromatic N) is 4. The van der Waals surface area contributed by atoms with Crippen LogP contribution in [0.2, 0.25) is 0 Å². The second kappa shape index (κ2) is 6.17. The Morgan fingerprint density at radius 2 is 2.17 bits per heavy atom. The van der Waals surface area contributed by atoms with Gasteiger partial charge < -0.3 is 16.2 Å². The van der Waals surface area contributed by atoms with Crippen LogP contribution >= 0.6 is 0 Å². The first-order valence-electron chi connectivity index (χ1n) is 7.35. The van der Waals surface area contributed by atoms with Crippen molar-refractivity contribution < 1.29 is 9.90 Å². The fourth-order valence-corrected chi connectivity index (χ4v) is 2.71. The molecule has 0 saturated carbocycles. The second-order valence-corrected chi connectivity index (χ2v) is 5.33. The van der Waals surface area contributed by atoms with Gasteiger partial charge in [-0.25, -0.2) is 4.68 Å². The van der Waals surface area contributed by atoms with E-state index in [1.165, 1.54) is 0 Å². The molecule has 3 heterocycles. The lowest BCUT2D eigenvalue weighted by Crippen LogP contribution is -2.31. The normalized spacial score (nSPS) is 16.9. The molecule has 0 aliphatic carbocycles. The third kappa shape index (κ3) is 2.80. The number of carbonyl (C=O) groups is 1. The van der Waals surface area contributed by atoms with Crippen molar-refractivity contribution in [2.45, 2.75) is 25.8 Å². The molecule has 0 bridgehead atoms. The van der Waals surface area contributed by atoms with E-state index in [1.807, 2.05) is 12.1 Å². The first-order valence-corrected chi connectivity index (χ1v) is 7.35. The van der Waals surface area contributed by atoms with Crippen LogP contribution in [0.4, 0.5) is 5.95 Å². The van der Waals surface area contributed by atoms with Crippen LogP contribution in [0.3, 0.4) is 0 Å². The summed E-state index contributed by atoms with van der Waals surface area (Å²) in [5, 5.41) is 16.5. The molecule has 1 amide bonds. The highest BCUT2D eigenvalue weighted by atomic mass is 16.3. The smallest absolute Gasteiger partial charge is 0.248 e. The van der Waals surface area contributed by atoms with Crippen LogP contribution in [0.5, 0.6) is 0 Å². The Morgan fingerprint density at radius 1 is 1.43 bits per heavy atom. The number of nitrogens with one attached hydrogen (secondary N) is 1. The summed E-state index contributed by atoms with van der Waals surface area (Å²) in [5.41, 5.74) is 7.55. The number of hydrogen-bond acceptors (Lipinski definition) is 6. The van der Waals surface area contributed by atoms with Crippen molar-refractivity contribution in [3.05, 3.63) is 47.2 Å². The summed E-state index contributed by atoms with van der Waals surface area (Å²) >= 11 is 0. The Hall–Kier alpha value is -2.74. The zero-order valence-electron chi connectivity index (χ0n) is 12.7. The Labute approximate surface area is 133 Å². The second-order valence-electron chi connectivity index (χ2n) is 5.33. The molecule has 0 saturated heterocycles. The van der Waals surface area contributed by atoms with E-state index in [0.29, 0.717) is 35.9 Å². The van der Waals surface area contributed by atoms with Crippen molar-refractivity contribution in [2.24, 2.45) is 5.73 Å². The van der Waals surface area contributed by atoms with Gasteiger partial charge in [0.15, 0.2) is 5.82 Å². The lowest BCUT2D eigenvalue weighted by atomic mass is 9.96. The third-order valence-corrected chi connectivity index (χ3v) is 3.74. The van der Waals surface area contributed by atoms with E-state index in [9.17, 15) is 4.79 Å². The van der Waals surface area contributed by atoms with Gasteiger partial charge in [-0.3, -0.25) is 9.78 Å². The summed E-state index contributed by atoms with van der Waals surface area (Å²) in [6.45, 7) is 1.87. The molecule has 1 atom stereocenters. The molecule has 0 spiro atoms. The standard InChI is InChI=1S/C15H18N6O2/c1-9-12(14(16)23)13(10-4-6-17-7-5-10)21-15(18-9)19-11(20-21)3-2-8-22/h4-7,13,22H,2-3,8H2,1H3,(H2,16,23)(H,18,19,20)/t13-/m1/s1. The maximum Gasteiger partial charge on any atom is 0.248 e. The molecule has 8 nitrogen and oxygen atoms in total. The zero-order valence-corrected chi connectivity index (χ0v) is 12.7. The number of pyridine rings is 1. The number of aryl methyl sites for hydroxylation is 1. The van der Waals surface area contributed by atoms with Crippen molar-refractivity contribution >= 4 is 11.9 Å². The van der Waals surface area contributed by atoms with E-state index in [4.69, 9.17) is 10.8 Å². The minimum atomic E-state index is -0.505. The first kappa shape index (κ1) is 15.2. The van der Waals surface area contributed by atoms with Crippen molar-refractivity contribution in [1.29, 1.82) is 0 Å². The summed E-state index contributed by atoms with van der Waals surface area (Å²) < 4.78 is 1.66. The molecule has 4 N–H and O–H groups in total. The number of primary amides is 1. The van der Waals surface area contributed by atoms with Gasteiger partial charge in [0.25, 0.3) is 0 Å². The summed E-state index contributed by atoms with van der Waals surface area (Å²) in [6.07, 6.45) is 4.47. The van der Waals surface area contributed by atoms with E-state index >= 15 is 0 Å². The van der Waals surface area contributed by atoms with Gasteiger partial charge in [0.05, 0.1) is 5.57 Å². The van der Waals surface area contributed by atoms with Crippen molar-refractivity contribution in [2.75, 3.05) is 11.9 Å². The number of aliphatic hydroxyl groups is 1. The van der Waals surface area contributed by atoms with E-state index < -0.39 is 11.9 Å². The van der Waals surface area contributed by atoms with Gasteiger partial charge in [-0.05, 0) is 31.0 Å². The number of fused-ring (bicyclic) bond motifs is 1. The van der Waals surface area contributed by atoms with Gasteiger partial charge >= 0.3 is 0 Å². The van der Waals surface area contributed by atoms with Crippen LogP contribution < -0.4 is 11.1 Å². The maximum atomic E-state index is 12.0. The average molecular weight is 314 g/mol. The highest BCUT2D eigenvalue weighted by Crippen LogP contribution is 2.34. The minimum Gasteiger partial charge on any atom is -0.396 e. The highest BCUT2D eigenvalue weighted by molar-refractivity contribution is 5.95. The molecule has 0 aromatic carbocycles. The molecule has 3 rings (SSSR count). The van der Waals surface area contributed by atoms with E-state index in [1.54, 1.807) is 24.0 Å². The summed E-state index contributed by atoms with van der Waals surface area (Å²) in [5.74, 6) is 0.663. The van der Waals surface area contributed by atoms with Crippen LogP contribution in [0.25, 0.3) is 0 Å². The van der Waals surface area contributed by atoms with Gasteiger partial charge in [-0.2, -0.15) is 10.1 Å². The minimum absolute atomic E-state index is 0.0783. The number of aromatic nitrogens is 4. The summed E-state index contributed by atoms with van der Waals surface area (Å²) in [6, 6.07) is 3.21. The largest absolute Gasteiger partial charge is 0.396 e. The Bertz CT molecular complexity index is 753. The molecular weight excluding hydrogens is 296 g/mol. The predicted octanol–water partition coefficient (Wildman–Crippen LogP) is 0.372. The molecule has 8 heteroatoms. The Morgan fingerprint density at radius 3 is 2.83 bits per heavy atom. The topological polar surface area (TPSA) is 119 Å². The molecule has 23 heavy (non-hydrogen) atoms. The third-order valence-electron chi connectivity index (χ3n) is 3.74. The molecule has 1 aliphatic heterocycles. The summed E-state index contributed by atoms with van der Waals surface area (Å²) in [7, 11) is 0. The number of amides is 1. The fraction of sp³-hybridized carbons (Fsp3) is 0.333. The van der Waals surface area contributed by atoms with Crippen LogP contribution in [-0.2, 0) is 11.2 Å². The van der Waals surface area contributed by atoms with Crippen molar-refractivity contribution in [3.63, 3.8) is 0 Å². The number of allylic oxidation sites excluding steroid dienone is 1. The van der Waals surface area contributed by atoms with Crippen LogP contribution in [-0.4, -0.2) is 37.4 Å². The fourth-order valence-electron chi connectivity index (χ4n) is 2.71. The molecular formula is C15H18N6O2. The van der Waals surface area contributed by atoms with Gasteiger partial charge in [-0.15, -0.1) is 0 Å².